The number of carboxylic acids is 2. The van der Waals surface area contributed by atoms with Gasteiger partial charge in [-0.25, -0.2) is 0 Å². The number of hydrogen-bond acceptors (Lipinski definition) is 5. The minimum atomic E-state index is -1.12. The fourth-order valence-electron chi connectivity index (χ4n) is 3.13. The summed E-state index contributed by atoms with van der Waals surface area (Å²) < 4.78 is 0.366. The Hall–Kier alpha value is -0.930. The van der Waals surface area contributed by atoms with E-state index in [0.29, 0.717) is 56.5 Å². The predicted molar refractivity (Wildman–Crippen MR) is 109 cm³/mol. The second-order valence-electron chi connectivity index (χ2n) is 7.81. The molecule has 8 nitrogen and oxygen atoms in total. The van der Waals surface area contributed by atoms with E-state index < -0.39 is 23.8 Å². The second-order valence-corrected chi connectivity index (χ2v) is 7.81. The van der Waals surface area contributed by atoms with E-state index in [2.05, 4.69) is 5.32 Å². The molecule has 0 aromatic rings. The summed E-state index contributed by atoms with van der Waals surface area (Å²) in [5.41, 5.74) is 0. The fourth-order valence-corrected chi connectivity index (χ4v) is 3.13. The second kappa shape index (κ2) is 17.7. The zero-order valence-corrected chi connectivity index (χ0v) is 21.1. The molecule has 0 heterocycles. The summed E-state index contributed by atoms with van der Waals surface area (Å²) in [4.78, 5) is 34.3. The molecule has 3 unspecified atom stereocenters. The average Bonchev–Trinajstić information content (AvgIpc) is 2.67. The quantitative estimate of drug-likeness (QED) is 0.100. The van der Waals surface area contributed by atoms with Gasteiger partial charge in [-0.2, -0.15) is 0 Å². The molecule has 0 aromatic carbocycles. The third kappa shape index (κ3) is 14.1. The molecule has 0 saturated heterocycles. The monoisotopic (exact) mass is 437 g/mol. The van der Waals surface area contributed by atoms with Crippen molar-refractivity contribution in [2.75, 3.05) is 39.3 Å². The van der Waals surface area contributed by atoms with Gasteiger partial charge in [-0.1, -0.05) is 26.0 Å². The first-order valence-corrected chi connectivity index (χ1v) is 10.4. The van der Waals surface area contributed by atoms with Crippen LogP contribution in [0, 0.1) is 11.8 Å². The predicted octanol–water partition coefficient (Wildman–Crippen LogP) is -2.45. The SMILES string of the molecule is C/C=C/CCCC(=O)NCC[N+](CCO)(CCC(C)C(=O)[O-])CCC(C)C(=O)O.[Na+]. The van der Waals surface area contributed by atoms with Crippen molar-refractivity contribution in [2.24, 2.45) is 11.8 Å². The number of quaternary nitrogens is 1. The van der Waals surface area contributed by atoms with Gasteiger partial charge in [0.05, 0.1) is 38.7 Å². The molecule has 1 amide bonds. The molecule has 0 aliphatic carbocycles. The molecular formula is C21H38N2NaO6+. The minimum Gasteiger partial charge on any atom is -0.550 e. The molecule has 0 aliphatic heterocycles. The number of unbranched alkanes of at least 4 members (excludes halogenated alkanes) is 1. The van der Waals surface area contributed by atoms with E-state index in [1.807, 2.05) is 19.1 Å². The minimum absolute atomic E-state index is 0. The standard InChI is InChI=1S/C21H38N2O6.Na/c1-4-5-6-7-8-19(25)22-11-14-23(15-16-24,12-9-17(2)20(26)27)13-10-18(3)21(28)29;/h4-5,17-18,24H,6-16H2,1-3H3,(H2-,22,25,26,27,28,29);/q;+1/b5-4+;. The number of carbonyl (C=O) groups excluding carboxylic acids is 2. The number of allylic oxidation sites excluding steroid dienone is 2. The Labute approximate surface area is 202 Å². The summed E-state index contributed by atoms with van der Waals surface area (Å²) in [6.07, 6.45) is 6.78. The Morgan fingerprint density at radius 1 is 1.07 bits per heavy atom. The van der Waals surface area contributed by atoms with Gasteiger partial charge in [-0.05, 0) is 19.8 Å². The third-order valence-electron chi connectivity index (χ3n) is 5.39. The zero-order valence-electron chi connectivity index (χ0n) is 19.1. The molecule has 0 radical (unpaired) electrons. The van der Waals surface area contributed by atoms with Crippen LogP contribution in [0.15, 0.2) is 12.2 Å². The molecule has 3 atom stereocenters. The van der Waals surface area contributed by atoms with Gasteiger partial charge < -0.3 is 29.9 Å². The normalized spacial score (nSPS) is 15.1. The summed E-state index contributed by atoms with van der Waals surface area (Å²) >= 11 is 0. The number of carboxylic acid groups (broad SMARTS) is 2. The van der Waals surface area contributed by atoms with Crippen molar-refractivity contribution < 1.29 is 63.7 Å². The van der Waals surface area contributed by atoms with E-state index in [9.17, 15) is 24.6 Å². The molecule has 30 heavy (non-hydrogen) atoms. The van der Waals surface area contributed by atoms with E-state index in [4.69, 9.17) is 5.11 Å². The van der Waals surface area contributed by atoms with E-state index in [-0.39, 0.29) is 42.1 Å². The number of nitrogens with one attached hydrogen (secondary N) is 1. The molecule has 0 aliphatic rings. The molecule has 9 heteroatoms. The first kappa shape index (κ1) is 31.3. The van der Waals surface area contributed by atoms with Crippen LogP contribution < -0.4 is 40.0 Å². The molecule has 0 rings (SSSR count). The summed E-state index contributed by atoms with van der Waals surface area (Å²) in [6, 6.07) is 0. The number of aliphatic carboxylic acids is 2. The van der Waals surface area contributed by atoms with Crippen molar-refractivity contribution >= 4 is 17.8 Å². The van der Waals surface area contributed by atoms with E-state index in [1.54, 1.807) is 13.8 Å². The average molecular weight is 438 g/mol. The number of aliphatic hydroxyl groups excluding tert-OH is 1. The summed E-state index contributed by atoms with van der Waals surface area (Å²) in [7, 11) is 0. The largest absolute Gasteiger partial charge is 1.00 e. The molecule has 0 spiro atoms. The van der Waals surface area contributed by atoms with Crippen LogP contribution >= 0.6 is 0 Å². The molecular weight excluding hydrogens is 399 g/mol. The van der Waals surface area contributed by atoms with E-state index in [1.165, 1.54) is 0 Å². The Bertz CT molecular complexity index is 518. The topological polar surface area (TPSA) is 127 Å². The molecule has 168 valence electrons. The van der Waals surface area contributed by atoms with Crippen LogP contribution in [-0.4, -0.2) is 71.9 Å². The van der Waals surface area contributed by atoms with E-state index in [0.717, 1.165) is 12.8 Å². The van der Waals surface area contributed by atoms with Crippen LogP contribution in [0.1, 0.15) is 52.9 Å². The number of carbonyl (C=O) groups is 3. The first-order valence-electron chi connectivity index (χ1n) is 10.4. The van der Waals surface area contributed by atoms with Crippen molar-refractivity contribution in [3.05, 3.63) is 12.2 Å². The number of hydrogen-bond donors (Lipinski definition) is 3. The maximum Gasteiger partial charge on any atom is 1.00 e. The fraction of sp³-hybridized carbons (Fsp3) is 0.762. The maximum atomic E-state index is 12.0. The first-order chi connectivity index (χ1) is 13.7. The van der Waals surface area contributed by atoms with Crippen LogP contribution in [0.5, 0.6) is 0 Å². The molecule has 0 aromatic heterocycles. The van der Waals surface area contributed by atoms with Crippen molar-refractivity contribution in [3.8, 4) is 0 Å². The van der Waals surface area contributed by atoms with Gasteiger partial charge in [-0.15, -0.1) is 0 Å². The summed E-state index contributed by atoms with van der Waals surface area (Å²) in [5.74, 6) is -3.22. The maximum absolute atomic E-state index is 12.0. The molecule has 0 fully saturated rings. The molecule has 0 saturated carbocycles. The number of rotatable bonds is 17. The third-order valence-corrected chi connectivity index (χ3v) is 5.39. The van der Waals surface area contributed by atoms with Crippen molar-refractivity contribution in [2.45, 2.75) is 52.9 Å². The van der Waals surface area contributed by atoms with Crippen LogP contribution in [0.4, 0.5) is 0 Å². The van der Waals surface area contributed by atoms with E-state index >= 15 is 0 Å². The van der Waals surface area contributed by atoms with Crippen molar-refractivity contribution in [1.82, 2.24) is 5.32 Å². The van der Waals surface area contributed by atoms with Crippen LogP contribution in [0.25, 0.3) is 0 Å². The Morgan fingerprint density at radius 3 is 2.17 bits per heavy atom. The number of aliphatic hydroxyl groups is 1. The Kier molecular flexibility index (Phi) is 18.5. The molecule has 3 N–H and O–H groups in total. The van der Waals surface area contributed by atoms with Gasteiger partial charge >= 0.3 is 35.5 Å². The van der Waals surface area contributed by atoms with Gasteiger partial charge in [0.25, 0.3) is 0 Å². The van der Waals surface area contributed by atoms with Gasteiger partial charge in [0.2, 0.25) is 5.91 Å². The van der Waals surface area contributed by atoms with Gasteiger partial charge in [0, 0.05) is 31.1 Å². The number of amides is 1. The van der Waals surface area contributed by atoms with Crippen molar-refractivity contribution in [1.29, 1.82) is 0 Å². The van der Waals surface area contributed by atoms with Gasteiger partial charge in [0.1, 0.15) is 6.54 Å². The summed E-state index contributed by atoms with van der Waals surface area (Å²) in [5, 5.41) is 32.7. The van der Waals surface area contributed by atoms with Gasteiger partial charge in [0.15, 0.2) is 0 Å². The van der Waals surface area contributed by atoms with Crippen LogP contribution in [0.2, 0.25) is 0 Å². The molecule has 0 bridgehead atoms. The van der Waals surface area contributed by atoms with Crippen LogP contribution in [0.3, 0.4) is 0 Å². The smallest absolute Gasteiger partial charge is 0.550 e. The van der Waals surface area contributed by atoms with Gasteiger partial charge in [-0.3, -0.25) is 9.59 Å². The number of nitrogens with zero attached hydrogens (tertiary/aromatic N) is 1. The Morgan fingerprint density at radius 2 is 1.67 bits per heavy atom. The zero-order chi connectivity index (χ0) is 22.3. The van der Waals surface area contributed by atoms with Crippen molar-refractivity contribution in [3.63, 3.8) is 0 Å². The Balaban J connectivity index is 0. The van der Waals surface area contributed by atoms with Crippen LogP contribution in [-0.2, 0) is 14.4 Å². The summed E-state index contributed by atoms with van der Waals surface area (Å²) in [6.45, 7) is 7.29.